The van der Waals surface area contributed by atoms with Crippen LogP contribution in [0.4, 0.5) is 0 Å². The molecule has 0 radical (unpaired) electrons. The van der Waals surface area contributed by atoms with Crippen LogP contribution >= 0.6 is 0 Å². The van der Waals surface area contributed by atoms with Crippen molar-refractivity contribution in [2.75, 3.05) is 13.6 Å². The van der Waals surface area contributed by atoms with Crippen molar-refractivity contribution < 1.29 is 0 Å². The first-order valence-electron chi connectivity index (χ1n) is 9.83. The second-order valence-electron chi connectivity index (χ2n) is 7.20. The standard InChI is InChI=1S/C25H30N2/c1-3-20-11-10-16-23(19-20)24(26)17-18-27(2)25(21-12-6-4-7-13-21)22-14-8-5-9-15-22/h4-16,19,24-25H,3,17-18,26H2,1-2H3/t24-/m1/s1. The van der Waals surface area contributed by atoms with Crippen molar-refractivity contribution in [2.45, 2.75) is 31.8 Å². The Labute approximate surface area is 163 Å². The minimum atomic E-state index is 0.0612. The summed E-state index contributed by atoms with van der Waals surface area (Å²) in [6.45, 7) is 3.12. The molecule has 2 N–H and O–H groups in total. The van der Waals surface area contributed by atoms with Gasteiger partial charge in [-0.1, -0.05) is 91.9 Å². The van der Waals surface area contributed by atoms with E-state index in [1.54, 1.807) is 0 Å². The summed E-state index contributed by atoms with van der Waals surface area (Å²) >= 11 is 0. The smallest absolute Gasteiger partial charge is 0.0599 e. The summed E-state index contributed by atoms with van der Waals surface area (Å²) in [6.07, 6.45) is 1.98. The van der Waals surface area contributed by atoms with E-state index in [9.17, 15) is 0 Å². The third-order valence-corrected chi connectivity index (χ3v) is 5.25. The number of nitrogens with zero attached hydrogens (tertiary/aromatic N) is 1. The number of nitrogens with two attached hydrogens (primary N) is 1. The van der Waals surface area contributed by atoms with E-state index in [2.05, 4.69) is 104 Å². The highest BCUT2D eigenvalue weighted by molar-refractivity contribution is 5.32. The van der Waals surface area contributed by atoms with Gasteiger partial charge < -0.3 is 5.73 Å². The fraction of sp³-hybridized carbons (Fsp3) is 0.280. The van der Waals surface area contributed by atoms with Gasteiger partial charge in [0.2, 0.25) is 0 Å². The molecule has 27 heavy (non-hydrogen) atoms. The summed E-state index contributed by atoms with van der Waals surface area (Å²) in [5.41, 5.74) is 11.7. The van der Waals surface area contributed by atoms with Gasteiger partial charge in [-0.2, -0.15) is 0 Å². The number of benzene rings is 3. The van der Waals surface area contributed by atoms with Gasteiger partial charge in [0.1, 0.15) is 0 Å². The molecule has 0 aromatic heterocycles. The van der Waals surface area contributed by atoms with E-state index in [1.807, 2.05) is 0 Å². The average molecular weight is 359 g/mol. The van der Waals surface area contributed by atoms with E-state index in [4.69, 9.17) is 5.73 Å². The molecule has 2 heteroatoms. The van der Waals surface area contributed by atoms with Crippen LogP contribution in [0.2, 0.25) is 0 Å². The Bertz CT molecular complexity index is 774. The molecule has 0 unspecified atom stereocenters. The third kappa shape index (κ3) is 5.06. The summed E-state index contributed by atoms with van der Waals surface area (Å²) in [7, 11) is 2.19. The van der Waals surface area contributed by atoms with Gasteiger partial charge in [0.05, 0.1) is 6.04 Å². The van der Waals surface area contributed by atoms with E-state index >= 15 is 0 Å². The van der Waals surface area contributed by atoms with Gasteiger partial charge in [0, 0.05) is 12.6 Å². The first-order chi connectivity index (χ1) is 13.2. The zero-order valence-electron chi connectivity index (χ0n) is 16.4. The molecule has 0 aliphatic heterocycles. The van der Waals surface area contributed by atoms with Crippen LogP contribution < -0.4 is 5.73 Å². The van der Waals surface area contributed by atoms with Gasteiger partial charge >= 0.3 is 0 Å². The molecule has 0 saturated heterocycles. The summed E-state index contributed by atoms with van der Waals surface area (Å²) in [4.78, 5) is 2.41. The highest BCUT2D eigenvalue weighted by atomic mass is 15.1. The van der Waals surface area contributed by atoms with E-state index in [0.29, 0.717) is 0 Å². The quantitative estimate of drug-likeness (QED) is 0.587. The molecule has 140 valence electrons. The number of rotatable bonds is 8. The Morgan fingerprint density at radius 3 is 1.89 bits per heavy atom. The Kier molecular flexibility index (Phi) is 6.80. The summed E-state index contributed by atoms with van der Waals surface area (Å²) in [5.74, 6) is 0. The number of aryl methyl sites for hydroxylation is 1. The molecule has 0 fully saturated rings. The summed E-state index contributed by atoms with van der Waals surface area (Å²) < 4.78 is 0. The molecule has 3 aromatic carbocycles. The second-order valence-corrected chi connectivity index (χ2v) is 7.20. The SMILES string of the molecule is CCc1cccc([C@H](N)CCN(C)C(c2ccccc2)c2ccccc2)c1. The first kappa shape index (κ1) is 19.3. The minimum Gasteiger partial charge on any atom is -0.324 e. The molecule has 3 rings (SSSR count). The van der Waals surface area contributed by atoms with Crippen LogP contribution in [0.25, 0.3) is 0 Å². The predicted octanol–water partition coefficient (Wildman–Crippen LogP) is 5.36. The van der Waals surface area contributed by atoms with E-state index in [1.165, 1.54) is 22.3 Å². The summed E-state index contributed by atoms with van der Waals surface area (Å²) in [6, 6.07) is 30.4. The molecular weight excluding hydrogens is 328 g/mol. The zero-order chi connectivity index (χ0) is 19.1. The lowest BCUT2D eigenvalue weighted by molar-refractivity contribution is 0.267. The summed E-state index contributed by atoms with van der Waals surface area (Å²) in [5, 5.41) is 0. The monoisotopic (exact) mass is 358 g/mol. The van der Waals surface area contributed by atoms with E-state index in [0.717, 1.165) is 19.4 Å². The molecule has 0 spiro atoms. The minimum absolute atomic E-state index is 0.0612. The van der Waals surface area contributed by atoms with Crippen molar-refractivity contribution >= 4 is 0 Å². The molecule has 0 heterocycles. The molecule has 1 atom stereocenters. The molecule has 0 saturated carbocycles. The fourth-order valence-corrected chi connectivity index (χ4v) is 3.65. The third-order valence-electron chi connectivity index (χ3n) is 5.25. The van der Waals surface area contributed by atoms with Gasteiger partial charge in [-0.05, 0) is 42.1 Å². The van der Waals surface area contributed by atoms with Crippen LogP contribution in [0.15, 0.2) is 84.9 Å². The van der Waals surface area contributed by atoms with Crippen molar-refractivity contribution in [2.24, 2.45) is 5.73 Å². The van der Waals surface area contributed by atoms with Crippen LogP contribution in [0.3, 0.4) is 0 Å². The molecule has 2 nitrogen and oxygen atoms in total. The zero-order valence-corrected chi connectivity index (χ0v) is 16.4. The van der Waals surface area contributed by atoms with Gasteiger partial charge in [-0.25, -0.2) is 0 Å². The lowest BCUT2D eigenvalue weighted by atomic mass is 9.96. The second kappa shape index (κ2) is 9.50. The van der Waals surface area contributed by atoms with Crippen molar-refractivity contribution in [3.05, 3.63) is 107 Å². The number of hydrogen-bond donors (Lipinski definition) is 1. The average Bonchev–Trinajstić information content (AvgIpc) is 2.74. The van der Waals surface area contributed by atoms with Crippen molar-refractivity contribution in [1.82, 2.24) is 4.90 Å². The van der Waals surface area contributed by atoms with E-state index in [-0.39, 0.29) is 12.1 Å². The Morgan fingerprint density at radius 1 is 0.778 bits per heavy atom. The maximum Gasteiger partial charge on any atom is 0.0599 e. The highest BCUT2D eigenvalue weighted by Gasteiger charge is 2.19. The van der Waals surface area contributed by atoms with Crippen LogP contribution in [-0.4, -0.2) is 18.5 Å². The predicted molar refractivity (Wildman–Crippen MR) is 115 cm³/mol. The van der Waals surface area contributed by atoms with Crippen LogP contribution in [-0.2, 0) is 6.42 Å². The molecular formula is C25H30N2. The van der Waals surface area contributed by atoms with Crippen LogP contribution in [0.1, 0.15) is 47.7 Å². The Morgan fingerprint density at radius 2 is 1.33 bits per heavy atom. The van der Waals surface area contributed by atoms with Gasteiger partial charge in [0.25, 0.3) is 0 Å². The lowest BCUT2D eigenvalue weighted by Gasteiger charge is -2.30. The topological polar surface area (TPSA) is 29.3 Å². The maximum atomic E-state index is 6.52. The molecule has 0 aliphatic carbocycles. The normalized spacial score (nSPS) is 12.5. The van der Waals surface area contributed by atoms with Gasteiger partial charge in [-0.3, -0.25) is 4.90 Å². The Balaban J connectivity index is 1.74. The maximum absolute atomic E-state index is 6.52. The first-order valence-corrected chi connectivity index (χ1v) is 9.83. The van der Waals surface area contributed by atoms with Crippen LogP contribution in [0.5, 0.6) is 0 Å². The fourth-order valence-electron chi connectivity index (χ4n) is 3.65. The molecule has 0 aliphatic rings. The highest BCUT2D eigenvalue weighted by Crippen LogP contribution is 2.28. The van der Waals surface area contributed by atoms with Gasteiger partial charge in [-0.15, -0.1) is 0 Å². The largest absolute Gasteiger partial charge is 0.324 e. The number of hydrogen-bond acceptors (Lipinski definition) is 2. The van der Waals surface area contributed by atoms with Gasteiger partial charge in [0.15, 0.2) is 0 Å². The molecule has 0 bridgehead atoms. The van der Waals surface area contributed by atoms with Crippen molar-refractivity contribution in [3.8, 4) is 0 Å². The lowest BCUT2D eigenvalue weighted by Crippen LogP contribution is -2.29. The van der Waals surface area contributed by atoms with Crippen molar-refractivity contribution in [3.63, 3.8) is 0 Å². The van der Waals surface area contributed by atoms with E-state index < -0.39 is 0 Å². The van der Waals surface area contributed by atoms with Crippen LogP contribution in [0, 0.1) is 0 Å². The van der Waals surface area contributed by atoms with Crippen molar-refractivity contribution in [1.29, 1.82) is 0 Å². The molecule has 0 amide bonds. The Hall–Kier alpha value is -2.42. The molecule has 3 aromatic rings.